The SMILES string of the molecule is CCCC[C@H](N)C(=O)Nc1ncc(Br)nc1Br. The molecule has 1 amide bonds. The summed E-state index contributed by atoms with van der Waals surface area (Å²) >= 11 is 6.40. The van der Waals surface area contributed by atoms with Gasteiger partial charge in [-0.25, -0.2) is 9.97 Å². The minimum Gasteiger partial charge on any atom is -0.320 e. The smallest absolute Gasteiger partial charge is 0.242 e. The van der Waals surface area contributed by atoms with Gasteiger partial charge in [0, 0.05) is 0 Å². The number of nitrogens with two attached hydrogens (primary N) is 1. The summed E-state index contributed by atoms with van der Waals surface area (Å²) in [5.74, 6) is 0.140. The number of rotatable bonds is 5. The molecule has 1 atom stereocenters. The summed E-state index contributed by atoms with van der Waals surface area (Å²) in [7, 11) is 0. The molecule has 0 fully saturated rings. The Labute approximate surface area is 117 Å². The predicted octanol–water partition coefficient (Wildman–Crippen LogP) is 2.46. The third-order valence-corrected chi connectivity index (χ3v) is 3.08. The second kappa shape index (κ2) is 7.03. The molecule has 0 aliphatic heterocycles. The van der Waals surface area contributed by atoms with Crippen LogP contribution >= 0.6 is 31.9 Å². The fraction of sp³-hybridized carbons (Fsp3) is 0.500. The quantitative estimate of drug-likeness (QED) is 0.839. The molecule has 0 spiro atoms. The molecule has 1 rings (SSSR count). The minimum atomic E-state index is -0.507. The van der Waals surface area contributed by atoms with E-state index < -0.39 is 6.04 Å². The average Bonchev–Trinajstić information content (AvgIpc) is 2.29. The van der Waals surface area contributed by atoms with Crippen LogP contribution in [-0.4, -0.2) is 21.9 Å². The summed E-state index contributed by atoms with van der Waals surface area (Å²) in [5.41, 5.74) is 5.75. The Morgan fingerprint density at radius 1 is 1.59 bits per heavy atom. The fourth-order valence-corrected chi connectivity index (χ4v) is 2.11. The van der Waals surface area contributed by atoms with Crippen molar-refractivity contribution in [3.8, 4) is 0 Å². The molecule has 0 aromatic carbocycles. The van der Waals surface area contributed by atoms with Crippen molar-refractivity contribution < 1.29 is 4.79 Å². The number of halogens is 2. The van der Waals surface area contributed by atoms with Crippen LogP contribution in [0.5, 0.6) is 0 Å². The molecule has 7 heteroatoms. The molecule has 3 N–H and O–H groups in total. The lowest BCUT2D eigenvalue weighted by molar-refractivity contribution is -0.117. The van der Waals surface area contributed by atoms with Crippen LogP contribution in [0.1, 0.15) is 26.2 Å². The van der Waals surface area contributed by atoms with E-state index >= 15 is 0 Å². The molecule has 1 heterocycles. The Bertz CT molecular complexity index is 400. The maximum Gasteiger partial charge on any atom is 0.242 e. The maximum absolute atomic E-state index is 11.7. The first kappa shape index (κ1) is 14.5. The highest BCUT2D eigenvalue weighted by atomic mass is 79.9. The van der Waals surface area contributed by atoms with Crippen molar-refractivity contribution in [2.24, 2.45) is 5.73 Å². The Balaban J connectivity index is 2.61. The molecular weight excluding hydrogens is 352 g/mol. The molecule has 0 unspecified atom stereocenters. The van der Waals surface area contributed by atoms with E-state index in [-0.39, 0.29) is 5.91 Å². The molecule has 0 bridgehead atoms. The van der Waals surface area contributed by atoms with Gasteiger partial charge in [0.15, 0.2) is 5.82 Å². The highest BCUT2D eigenvalue weighted by Crippen LogP contribution is 2.19. The van der Waals surface area contributed by atoms with Crippen LogP contribution in [0.15, 0.2) is 15.4 Å². The van der Waals surface area contributed by atoms with Crippen LogP contribution in [0.25, 0.3) is 0 Å². The van der Waals surface area contributed by atoms with Crippen molar-refractivity contribution in [2.45, 2.75) is 32.2 Å². The van der Waals surface area contributed by atoms with Crippen molar-refractivity contribution in [2.75, 3.05) is 5.32 Å². The van der Waals surface area contributed by atoms with Crippen LogP contribution in [0.2, 0.25) is 0 Å². The fourth-order valence-electron chi connectivity index (χ4n) is 1.20. The van der Waals surface area contributed by atoms with Gasteiger partial charge in [0.2, 0.25) is 5.91 Å². The van der Waals surface area contributed by atoms with E-state index in [1.807, 2.05) is 0 Å². The van der Waals surface area contributed by atoms with Crippen molar-refractivity contribution in [3.05, 3.63) is 15.4 Å². The summed E-state index contributed by atoms with van der Waals surface area (Å²) in [6.07, 6.45) is 4.13. The van der Waals surface area contributed by atoms with Gasteiger partial charge in [0.25, 0.3) is 0 Å². The summed E-state index contributed by atoms with van der Waals surface area (Å²) in [6, 6.07) is -0.507. The standard InChI is InChI=1S/C10H14Br2N4O/c1-2-3-4-6(13)10(17)16-9-8(12)15-7(11)5-14-9/h5-6H,2-4,13H2,1H3,(H,14,16,17)/t6-/m0/s1. The van der Waals surface area contributed by atoms with Crippen LogP contribution in [0.4, 0.5) is 5.82 Å². The number of carbonyl (C=O) groups excluding carboxylic acids is 1. The molecule has 1 aromatic heterocycles. The molecule has 1 aromatic rings. The normalized spacial score (nSPS) is 12.2. The Hall–Kier alpha value is -0.530. The van der Waals surface area contributed by atoms with E-state index in [0.717, 1.165) is 12.8 Å². The topological polar surface area (TPSA) is 80.9 Å². The Kier molecular flexibility index (Phi) is 6.01. The van der Waals surface area contributed by atoms with E-state index in [0.29, 0.717) is 21.4 Å². The zero-order valence-electron chi connectivity index (χ0n) is 9.41. The van der Waals surface area contributed by atoms with Crippen molar-refractivity contribution in [1.82, 2.24) is 9.97 Å². The largest absolute Gasteiger partial charge is 0.320 e. The van der Waals surface area contributed by atoms with Crippen molar-refractivity contribution >= 4 is 43.6 Å². The number of anilines is 1. The zero-order chi connectivity index (χ0) is 12.8. The molecule has 17 heavy (non-hydrogen) atoms. The predicted molar refractivity (Wildman–Crippen MR) is 73.6 cm³/mol. The molecule has 5 nitrogen and oxygen atoms in total. The number of amides is 1. The van der Waals surface area contributed by atoms with Gasteiger partial charge in [0.1, 0.15) is 9.21 Å². The van der Waals surface area contributed by atoms with E-state index in [1.165, 1.54) is 6.20 Å². The lowest BCUT2D eigenvalue weighted by Crippen LogP contribution is -2.35. The monoisotopic (exact) mass is 364 g/mol. The van der Waals surface area contributed by atoms with Gasteiger partial charge in [-0.2, -0.15) is 0 Å². The maximum atomic E-state index is 11.7. The second-order valence-corrected chi connectivity index (χ2v) is 5.13. The van der Waals surface area contributed by atoms with Crippen LogP contribution < -0.4 is 11.1 Å². The first-order valence-corrected chi connectivity index (χ1v) is 6.87. The van der Waals surface area contributed by atoms with Crippen molar-refractivity contribution in [3.63, 3.8) is 0 Å². The Morgan fingerprint density at radius 3 is 2.88 bits per heavy atom. The Morgan fingerprint density at radius 2 is 2.29 bits per heavy atom. The molecule has 0 saturated heterocycles. The average molecular weight is 366 g/mol. The molecule has 0 aliphatic carbocycles. The third kappa shape index (κ3) is 4.69. The summed E-state index contributed by atoms with van der Waals surface area (Å²) in [6.45, 7) is 2.06. The second-order valence-electron chi connectivity index (χ2n) is 3.57. The number of hydrogen-bond acceptors (Lipinski definition) is 4. The highest BCUT2D eigenvalue weighted by Gasteiger charge is 2.15. The number of carbonyl (C=O) groups is 1. The van der Waals surface area contributed by atoms with Gasteiger partial charge >= 0.3 is 0 Å². The van der Waals surface area contributed by atoms with Gasteiger partial charge < -0.3 is 11.1 Å². The van der Waals surface area contributed by atoms with E-state index in [1.54, 1.807) is 0 Å². The molecule has 0 radical (unpaired) electrons. The van der Waals surface area contributed by atoms with Gasteiger partial charge in [-0.05, 0) is 38.3 Å². The lowest BCUT2D eigenvalue weighted by atomic mass is 10.1. The summed E-state index contributed by atoms with van der Waals surface area (Å²) < 4.78 is 1.07. The first-order valence-electron chi connectivity index (χ1n) is 5.29. The highest BCUT2D eigenvalue weighted by molar-refractivity contribution is 9.11. The first-order chi connectivity index (χ1) is 8.04. The zero-order valence-corrected chi connectivity index (χ0v) is 12.6. The minimum absolute atomic E-state index is 0.240. The summed E-state index contributed by atoms with van der Waals surface area (Å²) in [4.78, 5) is 19.8. The summed E-state index contributed by atoms with van der Waals surface area (Å²) in [5, 5.41) is 2.64. The van der Waals surface area contributed by atoms with Crippen molar-refractivity contribution in [1.29, 1.82) is 0 Å². The number of nitrogens with zero attached hydrogens (tertiary/aromatic N) is 2. The van der Waals surface area contributed by atoms with E-state index in [4.69, 9.17) is 5.73 Å². The lowest BCUT2D eigenvalue weighted by Gasteiger charge is -2.11. The number of unbranched alkanes of at least 4 members (excludes halogenated alkanes) is 1. The molecule has 0 saturated carbocycles. The molecule has 0 aliphatic rings. The third-order valence-electron chi connectivity index (χ3n) is 2.15. The molecule has 94 valence electrons. The molecular formula is C10H14Br2N4O. The van der Waals surface area contributed by atoms with Gasteiger partial charge in [0.05, 0.1) is 12.2 Å². The van der Waals surface area contributed by atoms with Crippen LogP contribution in [0, 0.1) is 0 Å². The van der Waals surface area contributed by atoms with Gasteiger partial charge in [-0.3, -0.25) is 4.79 Å². The number of aromatic nitrogens is 2. The van der Waals surface area contributed by atoms with Crippen LogP contribution in [0.3, 0.4) is 0 Å². The van der Waals surface area contributed by atoms with E-state index in [9.17, 15) is 4.79 Å². The van der Waals surface area contributed by atoms with E-state index in [2.05, 4.69) is 54.1 Å². The number of nitrogens with one attached hydrogen (secondary N) is 1. The van der Waals surface area contributed by atoms with Crippen LogP contribution in [-0.2, 0) is 4.79 Å². The van der Waals surface area contributed by atoms with Gasteiger partial charge in [-0.15, -0.1) is 0 Å². The van der Waals surface area contributed by atoms with Gasteiger partial charge in [-0.1, -0.05) is 19.8 Å². The number of hydrogen-bond donors (Lipinski definition) is 2.